The van der Waals surface area contributed by atoms with Crippen LogP contribution in [0.25, 0.3) is 11.3 Å². The second-order valence-electron chi connectivity index (χ2n) is 5.36. The van der Waals surface area contributed by atoms with Crippen LogP contribution in [0.2, 0.25) is 0 Å². The number of nitrogen functional groups attached to an aromatic ring is 1. The standard InChI is InChI=1S/C16H13F3N6O/c1-25-11(8-12(24-25)16(17,18)19)10-2-3-13(22-14(10)20)23-15(26)9-4-6-21-7-5-9/h2-8H,1H3,(H3,20,22,23,26). The van der Waals surface area contributed by atoms with E-state index in [2.05, 4.69) is 20.4 Å². The highest BCUT2D eigenvalue weighted by molar-refractivity contribution is 6.03. The number of nitrogens with zero attached hydrogens (tertiary/aromatic N) is 4. The molecule has 0 aliphatic heterocycles. The van der Waals surface area contributed by atoms with Gasteiger partial charge in [-0.2, -0.15) is 18.3 Å². The number of nitrogens with one attached hydrogen (secondary N) is 1. The minimum atomic E-state index is -4.56. The smallest absolute Gasteiger partial charge is 0.383 e. The van der Waals surface area contributed by atoms with Gasteiger partial charge in [0.2, 0.25) is 0 Å². The zero-order valence-electron chi connectivity index (χ0n) is 13.4. The van der Waals surface area contributed by atoms with Crippen molar-refractivity contribution >= 4 is 17.5 Å². The van der Waals surface area contributed by atoms with Gasteiger partial charge >= 0.3 is 6.18 Å². The van der Waals surface area contributed by atoms with E-state index in [1.807, 2.05) is 0 Å². The molecule has 10 heteroatoms. The highest BCUT2D eigenvalue weighted by Crippen LogP contribution is 2.33. The largest absolute Gasteiger partial charge is 0.435 e. The highest BCUT2D eigenvalue weighted by atomic mass is 19.4. The van der Waals surface area contributed by atoms with E-state index in [9.17, 15) is 18.0 Å². The van der Waals surface area contributed by atoms with Crippen LogP contribution in [0.3, 0.4) is 0 Å². The number of rotatable bonds is 3. The third-order valence-corrected chi connectivity index (χ3v) is 3.56. The lowest BCUT2D eigenvalue weighted by Gasteiger charge is -2.09. The lowest BCUT2D eigenvalue weighted by Crippen LogP contribution is -2.13. The molecule has 3 aromatic heterocycles. The third-order valence-electron chi connectivity index (χ3n) is 3.56. The van der Waals surface area contributed by atoms with Crippen molar-refractivity contribution in [2.75, 3.05) is 11.1 Å². The summed E-state index contributed by atoms with van der Waals surface area (Å²) in [5.41, 5.74) is 5.65. The van der Waals surface area contributed by atoms with Gasteiger partial charge in [-0.05, 0) is 30.3 Å². The molecule has 3 heterocycles. The molecule has 26 heavy (non-hydrogen) atoms. The maximum Gasteiger partial charge on any atom is 0.435 e. The number of pyridine rings is 2. The molecule has 3 aromatic rings. The van der Waals surface area contributed by atoms with Crippen LogP contribution in [-0.4, -0.2) is 25.7 Å². The van der Waals surface area contributed by atoms with Gasteiger partial charge in [0.15, 0.2) is 5.69 Å². The quantitative estimate of drug-likeness (QED) is 0.746. The van der Waals surface area contributed by atoms with Gasteiger partial charge in [-0.15, -0.1) is 0 Å². The number of anilines is 2. The minimum absolute atomic E-state index is 0.0331. The summed E-state index contributed by atoms with van der Waals surface area (Å²) in [5, 5.41) is 6.00. The monoisotopic (exact) mass is 362 g/mol. The summed E-state index contributed by atoms with van der Waals surface area (Å²) in [4.78, 5) is 19.9. The van der Waals surface area contributed by atoms with Crippen molar-refractivity contribution in [2.24, 2.45) is 7.05 Å². The van der Waals surface area contributed by atoms with E-state index >= 15 is 0 Å². The first-order valence-electron chi connectivity index (χ1n) is 7.35. The summed E-state index contributed by atoms with van der Waals surface area (Å²) in [5.74, 6) is -0.271. The van der Waals surface area contributed by atoms with Gasteiger partial charge in [-0.3, -0.25) is 14.5 Å². The number of aryl methyl sites for hydroxylation is 1. The van der Waals surface area contributed by atoms with E-state index in [1.165, 1.54) is 43.7 Å². The molecular formula is C16H13F3N6O. The number of nitrogens with two attached hydrogens (primary N) is 1. The number of carbonyl (C=O) groups excluding carboxylic acids is 1. The fourth-order valence-electron chi connectivity index (χ4n) is 2.31. The average molecular weight is 362 g/mol. The fraction of sp³-hybridized carbons (Fsp3) is 0.125. The van der Waals surface area contributed by atoms with Crippen molar-refractivity contribution in [3.63, 3.8) is 0 Å². The molecular weight excluding hydrogens is 349 g/mol. The Morgan fingerprint density at radius 1 is 1.19 bits per heavy atom. The maximum absolute atomic E-state index is 12.8. The van der Waals surface area contributed by atoms with E-state index in [4.69, 9.17) is 5.73 Å². The molecule has 0 saturated heterocycles. The number of carbonyl (C=O) groups is 1. The van der Waals surface area contributed by atoms with Gasteiger partial charge in [0.05, 0.1) is 5.69 Å². The van der Waals surface area contributed by atoms with Gasteiger partial charge in [0, 0.05) is 30.6 Å². The third kappa shape index (κ3) is 3.48. The predicted molar refractivity (Wildman–Crippen MR) is 88.0 cm³/mol. The zero-order chi connectivity index (χ0) is 18.9. The molecule has 0 unspecified atom stereocenters. The van der Waals surface area contributed by atoms with Crippen LogP contribution in [-0.2, 0) is 13.2 Å². The van der Waals surface area contributed by atoms with E-state index < -0.39 is 17.8 Å². The Hall–Kier alpha value is -3.43. The van der Waals surface area contributed by atoms with Crippen molar-refractivity contribution in [1.29, 1.82) is 0 Å². The first-order valence-corrected chi connectivity index (χ1v) is 7.35. The number of halogens is 3. The molecule has 134 valence electrons. The summed E-state index contributed by atoms with van der Waals surface area (Å²) in [6.07, 6.45) is -1.61. The van der Waals surface area contributed by atoms with Crippen LogP contribution in [0.4, 0.5) is 24.8 Å². The van der Waals surface area contributed by atoms with Crippen LogP contribution >= 0.6 is 0 Å². The molecule has 0 bridgehead atoms. The lowest BCUT2D eigenvalue weighted by molar-refractivity contribution is -0.141. The van der Waals surface area contributed by atoms with Crippen LogP contribution in [0.1, 0.15) is 16.1 Å². The van der Waals surface area contributed by atoms with Crippen molar-refractivity contribution in [2.45, 2.75) is 6.18 Å². The van der Waals surface area contributed by atoms with Crippen LogP contribution in [0.5, 0.6) is 0 Å². The topological polar surface area (TPSA) is 98.7 Å². The van der Waals surface area contributed by atoms with Gasteiger partial charge < -0.3 is 11.1 Å². The highest BCUT2D eigenvalue weighted by Gasteiger charge is 2.35. The van der Waals surface area contributed by atoms with E-state index in [-0.39, 0.29) is 22.9 Å². The fourth-order valence-corrected chi connectivity index (χ4v) is 2.31. The number of aromatic nitrogens is 4. The molecule has 0 atom stereocenters. The van der Waals surface area contributed by atoms with Crippen molar-refractivity contribution in [3.05, 3.63) is 54.0 Å². The Kier molecular flexibility index (Phi) is 4.33. The first-order chi connectivity index (χ1) is 12.3. The molecule has 0 radical (unpaired) electrons. The summed E-state index contributed by atoms with van der Waals surface area (Å²) in [7, 11) is 1.38. The molecule has 1 amide bonds. The molecule has 3 N–H and O–H groups in total. The summed E-state index contributed by atoms with van der Waals surface area (Å²) in [6.45, 7) is 0. The van der Waals surface area contributed by atoms with E-state index in [0.29, 0.717) is 5.56 Å². The SMILES string of the molecule is Cn1nc(C(F)(F)F)cc1-c1ccc(NC(=O)c2ccncc2)nc1N. The molecule has 0 aromatic carbocycles. The van der Waals surface area contributed by atoms with Crippen molar-refractivity contribution < 1.29 is 18.0 Å². The van der Waals surface area contributed by atoms with Crippen LogP contribution in [0, 0.1) is 0 Å². The maximum atomic E-state index is 12.8. The van der Waals surface area contributed by atoms with E-state index in [0.717, 1.165) is 10.7 Å². The molecule has 0 saturated carbocycles. The Morgan fingerprint density at radius 2 is 1.88 bits per heavy atom. The number of hydrogen-bond donors (Lipinski definition) is 2. The Bertz CT molecular complexity index is 952. The number of hydrogen-bond acceptors (Lipinski definition) is 5. The second-order valence-corrected chi connectivity index (χ2v) is 5.36. The summed E-state index contributed by atoms with van der Waals surface area (Å²) < 4.78 is 39.4. The van der Waals surface area contributed by atoms with Crippen LogP contribution in [0.15, 0.2) is 42.7 Å². The Morgan fingerprint density at radius 3 is 2.46 bits per heavy atom. The van der Waals surface area contributed by atoms with Gasteiger partial charge in [0.1, 0.15) is 11.6 Å². The normalized spacial score (nSPS) is 11.4. The first kappa shape index (κ1) is 17.4. The summed E-state index contributed by atoms with van der Waals surface area (Å²) in [6, 6.07) is 6.87. The van der Waals surface area contributed by atoms with Crippen molar-refractivity contribution in [3.8, 4) is 11.3 Å². The minimum Gasteiger partial charge on any atom is -0.383 e. The van der Waals surface area contributed by atoms with E-state index in [1.54, 1.807) is 0 Å². The molecule has 0 aliphatic rings. The number of alkyl halides is 3. The molecule has 0 spiro atoms. The summed E-state index contributed by atoms with van der Waals surface area (Å²) >= 11 is 0. The van der Waals surface area contributed by atoms with Gasteiger partial charge in [0.25, 0.3) is 5.91 Å². The average Bonchev–Trinajstić information content (AvgIpc) is 2.98. The number of amides is 1. The molecule has 0 fully saturated rings. The molecule has 7 nitrogen and oxygen atoms in total. The second kappa shape index (κ2) is 6.47. The van der Waals surface area contributed by atoms with Crippen molar-refractivity contribution in [1.82, 2.24) is 19.7 Å². The zero-order valence-corrected chi connectivity index (χ0v) is 13.4. The lowest BCUT2D eigenvalue weighted by atomic mass is 10.1. The molecule has 3 rings (SSSR count). The van der Waals surface area contributed by atoms with Crippen LogP contribution < -0.4 is 11.1 Å². The predicted octanol–water partition coefficient (Wildman–Crippen LogP) is 2.73. The molecule has 0 aliphatic carbocycles. The van der Waals surface area contributed by atoms with Gasteiger partial charge in [-0.1, -0.05) is 0 Å². The Balaban J connectivity index is 1.87. The Labute approximate surface area is 145 Å². The van der Waals surface area contributed by atoms with Gasteiger partial charge in [-0.25, -0.2) is 4.98 Å².